The van der Waals surface area contributed by atoms with Crippen molar-refractivity contribution in [2.75, 3.05) is 11.3 Å². The second-order valence-electron chi connectivity index (χ2n) is 5.16. The van der Waals surface area contributed by atoms with Gasteiger partial charge in [0.05, 0.1) is 22.2 Å². The second-order valence-corrected chi connectivity index (χ2v) is 6.84. The molecular formula is C16H15N3O2S. The number of hydrogen-bond donors (Lipinski definition) is 2. The average Bonchev–Trinajstić information content (AvgIpc) is 2.54. The van der Waals surface area contributed by atoms with Crippen LogP contribution in [-0.4, -0.2) is 15.0 Å². The summed E-state index contributed by atoms with van der Waals surface area (Å²) in [6.45, 7) is 1.60. The van der Waals surface area contributed by atoms with Gasteiger partial charge in [-0.3, -0.25) is 4.72 Å². The Morgan fingerprint density at radius 1 is 1.14 bits per heavy atom. The van der Waals surface area contributed by atoms with Gasteiger partial charge in [-0.2, -0.15) is 5.26 Å². The molecule has 1 aliphatic rings. The zero-order valence-electron chi connectivity index (χ0n) is 11.8. The van der Waals surface area contributed by atoms with E-state index in [4.69, 9.17) is 5.26 Å². The van der Waals surface area contributed by atoms with Gasteiger partial charge >= 0.3 is 0 Å². The van der Waals surface area contributed by atoms with Crippen LogP contribution in [0.15, 0.2) is 47.4 Å². The molecule has 0 atom stereocenters. The van der Waals surface area contributed by atoms with E-state index < -0.39 is 10.0 Å². The fourth-order valence-electron chi connectivity index (χ4n) is 2.49. The molecule has 3 rings (SSSR count). The molecule has 0 fully saturated rings. The minimum Gasteiger partial charge on any atom is -0.312 e. The number of anilines is 1. The first-order chi connectivity index (χ1) is 10.6. The van der Waals surface area contributed by atoms with E-state index in [0.717, 1.165) is 18.5 Å². The highest BCUT2D eigenvalue weighted by atomic mass is 32.2. The lowest BCUT2D eigenvalue weighted by Crippen LogP contribution is -2.24. The summed E-state index contributed by atoms with van der Waals surface area (Å²) in [5, 5.41) is 12.1. The summed E-state index contributed by atoms with van der Waals surface area (Å²) in [5.41, 5.74) is 2.99. The molecule has 6 heteroatoms. The lowest BCUT2D eigenvalue weighted by atomic mass is 10.0. The van der Waals surface area contributed by atoms with Crippen molar-refractivity contribution >= 4 is 15.7 Å². The smallest absolute Gasteiger partial charge is 0.261 e. The number of hydrogen-bond acceptors (Lipinski definition) is 4. The van der Waals surface area contributed by atoms with Crippen molar-refractivity contribution in [2.24, 2.45) is 0 Å². The molecule has 0 aliphatic carbocycles. The van der Waals surface area contributed by atoms with Crippen LogP contribution in [-0.2, 0) is 23.0 Å². The number of rotatable bonds is 3. The van der Waals surface area contributed by atoms with Crippen molar-refractivity contribution in [3.05, 3.63) is 59.2 Å². The minimum atomic E-state index is -3.66. The van der Waals surface area contributed by atoms with Gasteiger partial charge in [0.25, 0.3) is 10.0 Å². The highest BCUT2D eigenvalue weighted by molar-refractivity contribution is 7.92. The largest absolute Gasteiger partial charge is 0.312 e. The fourth-order valence-corrected chi connectivity index (χ4v) is 3.59. The van der Waals surface area contributed by atoms with Crippen molar-refractivity contribution in [1.29, 1.82) is 5.26 Å². The molecule has 0 radical (unpaired) electrons. The van der Waals surface area contributed by atoms with Gasteiger partial charge in [-0.1, -0.05) is 12.1 Å². The van der Waals surface area contributed by atoms with E-state index in [2.05, 4.69) is 10.0 Å². The van der Waals surface area contributed by atoms with Crippen LogP contribution in [0.1, 0.15) is 16.7 Å². The SMILES string of the molecule is N#Cc1cccc(NS(=O)(=O)c2ccc3c(c2)CNCC3)c1. The van der Waals surface area contributed by atoms with Crippen molar-refractivity contribution < 1.29 is 8.42 Å². The standard InChI is InChI=1S/C16H15N3O2S/c17-10-12-2-1-3-15(8-12)19-22(20,21)16-5-4-13-6-7-18-11-14(13)9-16/h1-5,8-9,18-19H,6-7,11H2. The third kappa shape index (κ3) is 2.96. The highest BCUT2D eigenvalue weighted by Crippen LogP contribution is 2.21. The molecule has 1 heterocycles. The lowest BCUT2D eigenvalue weighted by Gasteiger charge is -2.18. The third-order valence-electron chi connectivity index (χ3n) is 3.62. The maximum Gasteiger partial charge on any atom is 0.261 e. The molecule has 2 aromatic rings. The van der Waals surface area contributed by atoms with Gasteiger partial charge in [0, 0.05) is 6.54 Å². The van der Waals surface area contributed by atoms with E-state index in [1.54, 1.807) is 30.3 Å². The molecule has 112 valence electrons. The van der Waals surface area contributed by atoms with Crippen LogP contribution in [0.25, 0.3) is 0 Å². The van der Waals surface area contributed by atoms with E-state index >= 15 is 0 Å². The Balaban J connectivity index is 1.91. The predicted octanol–water partition coefficient (Wildman–Crippen LogP) is 2.00. The highest BCUT2D eigenvalue weighted by Gasteiger charge is 2.17. The summed E-state index contributed by atoms with van der Waals surface area (Å²) in [6.07, 6.45) is 0.910. The van der Waals surface area contributed by atoms with Crippen LogP contribution < -0.4 is 10.0 Å². The molecule has 0 amide bonds. The maximum atomic E-state index is 12.5. The van der Waals surface area contributed by atoms with Crippen LogP contribution >= 0.6 is 0 Å². The Morgan fingerprint density at radius 3 is 2.82 bits per heavy atom. The third-order valence-corrected chi connectivity index (χ3v) is 5.00. The lowest BCUT2D eigenvalue weighted by molar-refractivity contribution is 0.599. The number of benzene rings is 2. The summed E-state index contributed by atoms with van der Waals surface area (Å²) in [6, 6.07) is 13.6. The van der Waals surface area contributed by atoms with Crippen molar-refractivity contribution in [1.82, 2.24) is 5.32 Å². The predicted molar refractivity (Wildman–Crippen MR) is 83.8 cm³/mol. The number of nitriles is 1. The van der Waals surface area contributed by atoms with Gasteiger partial charge in [-0.25, -0.2) is 8.42 Å². The van der Waals surface area contributed by atoms with Crippen molar-refractivity contribution in [3.8, 4) is 6.07 Å². The van der Waals surface area contributed by atoms with Crippen LogP contribution in [0.2, 0.25) is 0 Å². The molecule has 22 heavy (non-hydrogen) atoms. The topological polar surface area (TPSA) is 82.0 Å². The number of sulfonamides is 1. The van der Waals surface area contributed by atoms with E-state index in [1.807, 2.05) is 12.1 Å². The van der Waals surface area contributed by atoms with Gasteiger partial charge in [0.1, 0.15) is 0 Å². The zero-order chi connectivity index (χ0) is 15.6. The van der Waals surface area contributed by atoms with Crippen LogP contribution in [0.4, 0.5) is 5.69 Å². The fraction of sp³-hybridized carbons (Fsp3) is 0.188. The molecule has 0 spiro atoms. The normalized spacial score (nSPS) is 14.0. The molecule has 0 aromatic heterocycles. The zero-order valence-corrected chi connectivity index (χ0v) is 12.7. The molecule has 0 saturated carbocycles. The summed E-state index contributed by atoms with van der Waals surface area (Å²) in [7, 11) is -3.66. The molecule has 2 N–H and O–H groups in total. The van der Waals surface area contributed by atoms with Gasteiger partial charge in [-0.05, 0) is 54.4 Å². The van der Waals surface area contributed by atoms with E-state index in [-0.39, 0.29) is 4.90 Å². The Bertz CT molecular complexity index is 854. The van der Waals surface area contributed by atoms with Gasteiger partial charge in [0.2, 0.25) is 0 Å². The maximum absolute atomic E-state index is 12.5. The Morgan fingerprint density at radius 2 is 2.00 bits per heavy atom. The van der Waals surface area contributed by atoms with Crippen LogP contribution in [0, 0.1) is 11.3 Å². The molecule has 0 unspecified atom stereocenters. The van der Waals surface area contributed by atoms with Gasteiger partial charge in [0.15, 0.2) is 0 Å². The summed E-state index contributed by atoms with van der Waals surface area (Å²) >= 11 is 0. The Hall–Kier alpha value is -2.36. The molecule has 5 nitrogen and oxygen atoms in total. The van der Waals surface area contributed by atoms with Crippen LogP contribution in [0.3, 0.4) is 0 Å². The van der Waals surface area contributed by atoms with Gasteiger partial charge < -0.3 is 5.32 Å². The second kappa shape index (κ2) is 5.79. The molecule has 0 bridgehead atoms. The molecule has 0 saturated heterocycles. The van der Waals surface area contributed by atoms with Crippen molar-refractivity contribution in [2.45, 2.75) is 17.9 Å². The minimum absolute atomic E-state index is 0.234. The molecule has 2 aromatic carbocycles. The quantitative estimate of drug-likeness (QED) is 0.908. The summed E-state index contributed by atoms with van der Waals surface area (Å²) in [5.74, 6) is 0. The monoisotopic (exact) mass is 313 g/mol. The molecule has 1 aliphatic heterocycles. The van der Waals surface area contributed by atoms with E-state index in [0.29, 0.717) is 17.8 Å². The number of nitrogens with zero attached hydrogens (tertiary/aromatic N) is 1. The van der Waals surface area contributed by atoms with Crippen LogP contribution in [0.5, 0.6) is 0 Å². The van der Waals surface area contributed by atoms with E-state index in [9.17, 15) is 8.42 Å². The molecular weight excluding hydrogens is 298 g/mol. The average molecular weight is 313 g/mol. The number of fused-ring (bicyclic) bond motifs is 1. The first-order valence-electron chi connectivity index (χ1n) is 6.94. The summed E-state index contributed by atoms with van der Waals surface area (Å²) < 4.78 is 27.5. The van der Waals surface area contributed by atoms with E-state index in [1.165, 1.54) is 11.6 Å². The van der Waals surface area contributed by atoms with Crippen molar-refractivity contribution in [3.63, 3.8) is 0 Å². The van der Waals surface area contributed by atoms with Gasteiger partial charge in [-0.15, -0.1) is 0 Å². The Labute approximate surface area is 129 Å². The first-order valence-corrected chi connectivity index (χ1v) is 8.42. The Kier molecular flexibility index (Phi) is 3.84. The summed E-state index contributed by atoms with van der Waals surface area (Å²) in [4.78, 5) is 0.234. The number of nitrogens with one attached hydrogen (secondary N) is 2. The first kappa shape index (κ1) is 14.6.